The SMILES string of the molecule is C[C@@H](Oc1cccc(C#N)c1)C(=O)NCc1ccnc(-n2cccn2)c1. The van der Waals surface area contributed by atoms with Crippen LogP contribution in [0.25, 0.3) is 5.82 Å². The molecule has 2 heterocycles. The molecule has 7 nitrogen and oxygen atoms in total. The average Bonchev–Trinajstić information content (AvgIpc) is 3.21. The summed E-state index contributed by atoms with van der Waals surface area (Å²) in [5, 5.41) is 15.9. The second kappa shape index (κ2) is 7.94. The Kier molecular flexibility index (Phi) is 5.25. The smallest absolute Gasteiger partial charge is 0.261 e. The van der Waals surface area contributed by atoms with Crippen molar-refractivity contribution >= 4 is 5.91 Å². The molecule has 2 aromatic heterocycles. The Morgan fingerprint density at radius 3 is 2.96 bits per heavy atom. The second-order valence-electron chi connectivity index (χ2n) is 5.59. The average molecular weight is 347 g/mol. The highest BCUT2D eigenvalue weighted by molar-refractivity contribution is 5.80. The van der Waals surface area contributed by atoms with E-state index in [1.807, 2.05) is 24.3 Å². The number of hydrogen-bond acceptors (Lipinski definition) is 5. The Hall–Kier alpha value is -3.66. The summed E-state index contributed by atoms with van der Waals surface area (Å²) in [4.78, 5) is 16.5. The zero-order chi connectivity index (χ0) is 18.4. The van der Waals surface area contributed by atoms with Crippen LogP contribution in [0, 0.1) is 11.3 Å². The number of nitrogens with zero attached hydrogens (tertiary/aromatic N) is 4. The molecule has 1 amide bonds. The summed E-state index contributed by atoms with van der Waals surface area (Å²) in [7, 11) is 0. The van der Waals surface area contributed by atoms with Crippen molar-refractivity contribution in [3.05, 3.63) is 72.2 Å². The third-order valence-corrected chi connectivity index (χ3v) is 3.66. The van der Waals surface area contributed by atoms with Crippen LogP contribution >= 0.6 is 0 Å². The Morgan fingerprint density at radius 2 is 2.19 bits per heavy atom. The Bertz CT molecular complexity index is 931. The van der Waals surface area contributed by atoms with E-state index in [0.717, 1.165) is 5.56 Å². The maximum Gasteiger partial charge on any atom is 0.261 e. The maximum atomic E-state index is 12.3. The summed E-state index contributed by atoms with van der Waals surface area (Å²) in [6, 6.07) is 14.2. The first-order chi connectivity index (χ1) is 12.7. The second-order valence-corrected chi connectivity index (χ2v) is 5.59. The lowest BCUT2D eigenvalue weighted by Crippen LogP contribution is -2.35. The summed E-state index contributed by atoms with van der Waals surface area (Å²) < 4.78 is 7.25. The van der Waals surface area contributed by atoms with Gasteiger partial charge in [0.2, 0.25) is 0 Å². The van der Waals surface area contributed by atoms with E-state index in [-0.39, 0.29) is 5.91 Å². The molecule has 3 rings (SSSR count). The number of benzene rings is 1. The molecule has 0 spiro atoms. The standard InChI is InChI=1S/C19H17N5O2/c1-14(26-17-5-2-4-15(10-17)12-20)19(25)22-13-16-6-8-21-18(11-16)24-9-3-7-23-24/h2-11,14H,13H2,1H3,(H,22,25)/t14-/m1/s1. The van der Waals surface area contributed by atoms with E-state index >= 15 is 0 Å². The third-order valence-electron chi connectivity index (χ3n) is 3.66. The van der Waals surface area contributed by atoms with Crippen molar-refractivity contribution in [2.45, 2.75) is 19.6 Å². The van der Waals surface area contributed by atoms with Crippen molar-refractivity contribution in [2.75, 3.05) is 0 Å². The molecular weight excluding hydrogens is 330 g/mol. The van der Waals surface area contributed by atoms with Crippen molar-refractivity contribution in [3.8, 4) is 17.6 Å². The molecule has 0 unspecified atom stereocenters. The van der Waals surface area contributed by atoms with Gasteiger partial charge >= 0.3 is 0 Å². The van der Waals surface area contributed by atoms with Gasteiger partial charge in [-0.2, -0.15) is 10.4 Å². The molecule has 0 aliphatic carbocycles. The van der Waals surface area contributed by atoms with Crippen LogP contribution in [-0.4, -0.2) is 26.8 Å². The molecule has 0 bridgehead atoms. The lowest BCUT2D eigenvalue weighted by atomic mass is 10.2. The number of carbonyl (C=O) groups excluding carboxylic acids is 1. The van der Waals surface area contributed by atoms with Gasteiger partial charge in [-0.1, -0.05) is 6.07 Å². The first kappa shape index (κ1) is 17.2. The number of hydrogen-bond donors (Lipinski definition) is 1. The van der Waals surface area contributed by atoms with E-state index in [2.05, 4.69) is 15.4 Å². The number of carbonyl (C=O) groups is 1. The topological polar surface area (TPSA) is 92.8 Å². The van der Waals surface area contributed by atoms with Crippen LogP contribution in [0.3, 0.4) is 0 Å². The van der Waals surface area contributed by atoms with Gasteiger partial charge in [-0.15, -0.1) is 0 Å². The molecule has 130 valence electrons. The first-order valence-electron chi connectivity index (χ1n) is 8.05. The molecule has 0 aliphatic heterocycles. The summed E-state index contributed by atoms with van der Waals surface area (Å²) in [6.45, 7) is 2.01. The van der Waals surface area contributed by atoms with Gasteiger partial charge in [0, 0.05) is 25.1 Å². The molecule has 0 fully saturated rings. The molecule has 1 aromatic carbocycles. The van der Waals surface area contributed by atoms with Gasteiger partial charge in [0.25, 0.3) is 5.91 Å². The van der Waals surface area contributed by atoms with E-state index in [1.165, 1.54) is 0 Å². The lowest BCUT2D eigenvalue weighted by Gasteiger charge is -2.15. The minimum Gasteiger partial charge on any atom is -0.481 e. The minimum absolute atomic E-state index is 0.246. The zero-order valence-electron chi connectivity index (χ0n) is 14.2. The lowest BCUT2D eigenvalue weighted by molar-refractivity contribution is -0.127. The Labute approximate surface area is 150 Å². The normalized spacial score (nSPS) is 11.4. The van der Waals surface area contributed by atoms with E-state index in [9.17, 15) is 4.79 Å². The highest BCUT2D eigenvalue weighted by Gasteiger charge is 2.14. The summed E-state index contributed by atoms with van der Waals surface area (Å²) in [5.74, 6) is 0.917. The quantitative estimate of drug-likeness (QED) is 0.738. The van der Waals surface area contributed by atoms with Crippen LogP contribution in [0.15, 0.2) is 61.1 Å². The zero-order valence-corrected chi connectivity index (χ0v) is 14.2. The predicted molar refractivity (Wildman–Crippen MR) is 94.5 cm³/mol. The van der Waals surface area contributed by atoms with Crippen molar-refractivity contribution in [2.24, 2.45) is 0 Å². The van der Waals surface area contributed by atoms with E-state index in [4.69, 9.17) is 10.00 Å². The van der Waals surface area contributed by atoms with Crippen molar-refractivity contribution in [1.29, 1.82) is 5.26 Å². The number of ether oxygens (including phenoxy) is 1. The monoisotopic (exact) mass is 347 g/mol. The fourth-order valence-corrected chi connectivity index (χ4v) is 2.33. The minimum atomic E-state index is -0.684. The molecule has 0 radical (unpaired) electrons. The van der Waals surface area contributed by atoms with Gasteiger partial charge in [0.15, 0.2) is 11.9 Å². The molecule has 0 saturated carbocycles. The molecular formula is C19H17N5O2. The number of rotatable bonds is 6. The number of pyridine rings is 1. The summed E-state index contributed by atoms with van der Waals surface area (Å²) in [6.07, 6.45) is 4.47. The largest absolute Gasteiger partial charge is 0.481 e. The van der Waals surface area contributed by atoms with Gasteiger partial charge in [-0.3, -0.25) is 4.79 Å². The summed E-state index contributed by atoms with van der Waals surface area (Å²) in [5.41, 5.74) is 1.38. The van der Waals surface area contributed by atoms with E-state index < -0.39 is 6.10 Å². The molecule has 0 saturated heterocycles. The van der Waals surface area contributed by atoms with Gasteiger partial charge < -0.3 is 10.1 Å². The maximum absolute atomic E-state index is 12.3. The molecule has 7 heteroatoms. The van der Waals surface area contributed by atoms with Crippen molar-refractivity contribution in [3.63, 3.8) is 0 Å². The fourth-order valence-electron chi connectivity index (χ4n) is 2.33. The highest BCUT2D eigenvalue weighted by atomic mass is 16.5. The van der Waals surface area contributed by atoms with Crippen LogP contribution in [-0.2, 0) is 11.3 Å². The van der Waals surface area contributed by atoms with Gasteiger partial charge in [0.05, 0.1) is 11.6 Å². The summed E-state index contributed by atoms with van der Waals surface area (Å²) >= 11 is 0. The molecule has 26 heavy (non-hydrogen) atoms. The molecule has 3 aromatic rings. The van der Waals surface area contributed by atoms with Gasteiger partial charge in [0.1, 0.15) is 5.75 Å². The molecule has 1 N–H and O–H groups in total. The fraction of sp³-hybridized carbons (Fsp3) is 0.158. The molecule has 0 aliphatic rings. The van der Waals surface area contributed by atoms with Crippen LogP contribution in [0.2, 0.25) is 0 Å². The third kappa shape index (κ3) is 4.24. The number of aromatic nitrogens is 3. The van der Waals surface area contributed by atoms with Crippen LogP contribution in [0.1, 0.15) is 18.1 Å². The van der Waals surface area contributed by atoms with E-state index in [0.29, 0.717) is 23.7 Å². The van der Waals surface area contributed by atoms with Crippen molar-refractivity contribution < 1.29 is 9.53 Å². The number of nitrogens with one attached hydrogen (secondary N) is 1. The highest BCUT2D eigenvalue weighted by Crippen LogP contribution is 2.14. The van der Waals surface area contributed by atoms with E-state index in [1.54, 1.807) is 54.5 Å². The van der Waals surface area contributed by atoms with Crippen LogP contribution < -0.4 is 10.1 Å². The van der Waals surface area contributed by atoms with Crippen LogP contribution in [0.4, 0.5) is 0 Å². The first-order valence-corrected chi connectivity index (χ1v) is 8.05. The number of nitriles is 1. The van der Waals surface area contributed by atoms with Crippen LogP contribution in [0.5, 0.6) is 5.75 Å². The Balaban J connectivity index is 1.58. The van der Waals surface area contributed by atoms with Gasteiger partial charge in [-0.25, -0.2) is 9.67 Å². The predicted octanol–water partition coefficient (Wildman–Crippen LogP) is 2.22. The van der Waals surface area contributed by atoms with Crippen molar-refractivity contribution in [1.82, 2.24) is 20.1 Å². The van der Waals surface area contributed by atoms with Gasteiger partial charge in [-0.05, 0) is 48.9 Å². The Morgan fingerprint density at radius 1 is 1.31 bits per heavy atom. The molecule has 1 atom stereocenters. The number of amides is 1.